The van der Waals surface area contributed by atoms with Crippen molar-refractivity contribution in [3.63, 3.8) is 0 Å². The first kappa shape index (κ1) is 20.1. The van der Waals surface area contributed by atoms with Gasteiger partial charge in [0.1, 0.15) is 5.75 Å². The van der Waals surface area contributed by atoms with Gasteiger partial charge in [0, 0.05) is 18.8 Å². The highest BCUT2D eigenvalue weighted by Crippen LogP contribution is 2.27. The Labute approximate surface area is 166 Å². The maximum Gasteiger partial charge on any atom is 0.243 e. The van der Waals surface area contributed by atoms with Gasteiger partial charge in [0.15, 0.2) is 0 Å². The molecule has 0 spiro atoms. The number of nitrogens with zero attached hydrogens (tertiary/aromatic N) is 2. The van der Waals surface area contributed by atoms with Crippen LogP contribution < -0.4 is 9.64 Å². The Morgan fingerprint density at radius 1 is 1.21 bits per heavy atom. The van der Waals surface area contributed by atoms with Gasteiger partial charge in [-0.2, -0.15) is 4.31 Å². The van der Waals surface area contributed by atoms with Gasteiger partial charge in [-0.05, 0) is 48.7 Å². The van der Waals surface area contributed by atoms with Gasteiger partial charge >= 0.3 is 0 Å². The van der Waals surface area contributed by atoms with Crippen LogP contribution in [-0.4, -0.2) is 45.4 Å². The van der Waals surface area contributed by atoms with Gasteiger partial charge in [-0.25, -0.2) is 8.42 Å². The first-order valence-corrected chi connectivity index (χ1v) is 10.5. The molecule has 0 radical (unpaired) electrons. The van der Waals surface area contributed by atoms with Crippen LogP contribution in [0.4, 0.5) is 5.69 Å². The third-order valence-electron chi connectivity index (χ3n) is 4.75. The van der Waals surface area contributed by atoms with Crippen molar-refractivity contribution in [2.75, 3.05) is 31.6 Å². The molecule has 0 bridgehead atoms. The standard InChI is InChI=1S/C21H24N2O4S/c1-3-14-22(28(25,26)19-12-10-18(27-2)11-13-19)16-21(24)23-15-6-8-17-7-4-5-9-20(17)23/h3-5,7,9-13H,1,6,8,14-16H2,2H3. The predicted molar refractivity (Wildman–Crippen MR) is 109 cm³/mol. The van der Waals surface area contributed by atoms with E-state index >= 15 is 0 Å². The van der Waals surface area contributed by atoms with Crippen molar-refractivity contribution in [3.05, 3.63) is 66.7 Å². The average Bonchev–Trinajstić information content (AvgIpc) is 2.73. The van der Waals surface area contributed by atoms with Crippen molar-refractivity contribution in [3.8, 4) is 5.75 Å². The molecule has 0 unspecified atom stereocenters. The van der Waals surface area contributed by atoms with E-state index in [2.05, 4.69) is 6.58 Å². The van der Waals surface area contributed by atoms with Crippen LogP contribution in [0, 0.1) is 0 Å². The van der Waals surface area contributed by atoms with E-state index in [-0.39, 0.29) is 23.9 Å². The van der Waals surface area contributed by atoms with E-state index in [4.69, 9.17) is 4.74 Å². The molecule has 148 valence electrons. The summed E-state index contributed by atoms with van der Waals surface area (Å²) >= 11 is 0. The molecule has 1 heterocycles. The van der Waals surface area contributed by atoms with E-state index in [1.165, 1.54) is 25.3 Å². The number of hydrogen-bond acceptors (Lipinski definition) is 4. The van der Waals surface area contributed by atoms with Gasteiger partial charge in [0.25, 0.3) is 0 Å². The number of fused-ring (bicyclic) bond motifs is 1. The molecule has 0 N–H and O–H groups in total. The quantitative estimate of drug-likeness (QED) is 0.671. The number of carbonyl (C=O) groups excluding carboxylic acids is 1. The van der Waals surface area contributed by atoms with Crippen LogP contribution in [0.3, 0.4) is 0 Å². The zero-order valence-electron chi connectivity index (χ0n) is 15.9. The van der Waals surface area contributed by atoms with E-state index in [1.54, 1.807) is 17.0 Å². The Hall–Kier alpha value is -2.64. The molecular formula is C21H24N2O4S. The fourth-order valence-corrected chi connectivity index (χ4v) is 4.68. The first-order chi connectivity index (χ1) is 13.5. The number of benzene rings is 2. The van der Waals surface area contributed by atoms with Crippen molar-refractivity contribution in [1.29, 1.82) is 0 Å². The number of aryl methyl sites for hydroxylation is 1. The highest BCUT2D eigenvalue weighted by molar-refractivity contribution is 7.89. The van der Waals surface area contributed by atoms with E-state index in [1.807, 2.05) is 24.3 Å². The van der Waals surface area contributed by atoms with Gasteiger partial charge in [-0.3, -0.25) is 4.79 Å². The molecule has 0 fully saturated rings. The van der Waals surface area contributed by atoms with Crippen molar-refractivity contribution < 1.29 is 17.9 Å². The zero-order valence-corrected chi connectivity index (χ0v) is 16.7. The van der Waals surface area contributed by atoms with Crippen molar-refractivity contribution in [1.82, 2.24) is 4.31 Å². The van der Waals surface area contributed by atoms with Gasteiger partial charge in [0.2, 0.25) is 15.9 Å². The van der Waals surface area contributed by atoms with Gasteiger partial charge in [0.05, 0.1) is 18.6 Å². The van der Waals surface area contributed by atoms with Crippen LogP contribution in [0.15, 0.2) is 66.1 Å². The van der Waals surface area contributed by atoms with E-state index < -0.39 is 10.0 Å². The summed E-state index contributed by atoms with van der Waals surface area (Å²) in [6.45, 7) is 4.03. The molecule has 0 aromatic heterocycles. The molecule has 1 aliphatic rings. The molecule has 2 aromatic carbocycles. The third-order valence-corrected chi connectivity index (χ3v) is 6.58. The summed E-state index contributed by atoms with van der Waals surface area (Å²) in [4.78, 5) is 14.8. The SMILES string of the molecule is C=CCN(CC(=O)N1CCCc2ccccc21)S(=O)(=O)c1ccc(OC)cc1. The number of methoxy groups -OCH3 is 1. The number of carbonyl (C=O) groups is 1. The summed E-state index contributed by atoms with van der Waals surface area (Å²) in [5.41, 5.74) is 1.97. The lowest BCUT2D eigenvalue weighted by atomic mass is 10.0. The minimum Gasteiger partial charge on any atom is -0.497 e. The normalized spacial score (nSPS) is 13.9. The largest absolute Gasteiger partial charge is 0.497 e. The Bertz CT molecular complexity index is 955. The van der Waals surface area contributed by atoms with E-state index in [9.17, 15) is 13.2 Å². The lowest BCUT2D eigenvalue weighted by Gasteiger charge is -2.31. The van der Waals surface area contributed by atoms with Crippen LogP contribution in [-0.2, 0) is 21.2 Å². The minimum absolute atomic E-state index is 0.0512. The monoisotopic (exact) mass is 400 g/mol. The van der Waals surface area contributed by atoms with E-state index in [0.717, 1.165) is 28.4 Å². The lowest BCUT2D eigenvalue weighted by molar-refractivity contribution is -0.118. The topological polar surface area (TPSA) is 66.9 Å². The molecule has 6 nitrogen and oxygen atoms in total. The number of hydrogen-bond donors (Lipinski definition) is 0. The average molecular weight is 401 g/mol. The predicted octanol–water partition coefficient (Wildman–Crippen LogP) is 2.85. The molecule has 0 saturated heterocycles. The molecule has 0 atom stereocenters. The number of amides is 1. The second-order valence-electron chi connectivity index (χ2n) is 6.54. The number of anilines is 1. The molecule has 28 heavy (non-hydrogen) atoms. The summed E-state index contributed by atoms with van der Waals surface area (Å²) in [6.07, 6.45) is 3.26. The van der Waals surface area contributed by atoms with Crippen molar-refractivity contribution >= 4 is 21.6 Å². The summed E-state index contributed by atoms with van der Waals surface area (Å²) < 4.78 is 32.3. The highest BCUT2D eigenvalue weighted by atomic mass is 32.2. The molecule has 0 aliphatic carbocycles. The number of sulfonamides is 1. The Morgan fingerprint density at radius 2 is 1.93 bits per heavy atom. The van der Waals surface area contributed by atoms with Crippen LogP contribution in [0.5, 0.6) is 5.75 Å². The Morgan fingerprint density at radius 3 is 2.61 bits per heavy atom. The van der Waals surface area contributed by atoms with Gasteiger partial charge in [-0.1, -0.05) is 24.3 Å². The molecule has 0 saturated carbocycles. The summed E-state index contributed by atoms with van der Waals surface area (Å²) in [5.74, 6) is 0.321. The summed E-state index contributed by atoms with van der Waals surface area (Å²) in [6, 6.07) is 13.9. The second kappa shape index (κ2) is 8.58. The maximum atomic E-state index is 13.1. The van der Waals surface area contributed by atoms with Crippen molar-refractivity contribution in [2.24, 2.45) is 0 Å². The highest BCUT2D eigenvalue weighted by Gasteiger charge is 2.29. The number of ether oxygens (including phenoxy) is 1. The summed E-state index contributed by atoms with van der Waals surface area (Å²) in [5, 5.41) is 0. The number of rotatable bonds is 7. The van der Waals surface area contributed by atoms with Crippen LogP contribution in [0.2, 0.25) is 0 Å². The fraction of sp³-hybridized carbons (Fsp3) is 0.286. The van der Waals surface area contributed by atoms with Crippen LogP contribution in [0.1, 0.15) is 12.0 Å². The molecule has 7 heteroatoms. The summed E-state index contributed by atoms with van der Waals surface area (Å²) in [7, 11) is -2.32. The number of para-hydroxylation sites is 1. The first-order valence-electron chi connectivity index (χ1n) is 9.10. The third kappa shape index (κ3) is 4.10. The fourth-order valence-electron chi connectivity index (χ4n) is 3.32. The zero-order chi connectivity index (χ0) is 20.1. The molecule has 1 aliphatic heterocycles. The minimum atomic E-state index is -3.84. The van der Waals surface area contributed by atoms with Gasteiger partial charge in [-0.15, -0.1) is 6.58 Å². The lowest BCUT2D eigenvalue weighted by Crippen LogP contribution is -2.44. The van der Waals surface area contributed by atoms with Crippen molar-refractivity contribution in [2.45, 2.75) is 17.7 Å². The molecule has 2 aromatic rings. The molecule has 1 amide bonds. The second-order valence-corrected chi connectivity index (χ2v) is 8.48. The Kier molecular flexibility index (Phi) is 6.16. The molecule has 3 rings (SSSR count). The maximum absolute atomic E-state index is 13.1. The van der Waals surface area contributed by atoms with E-state index in [0.29, 0.717) is 12.3 Å². The van der Waals surface area contributed by atoms with Gasteiger partial charge < -0.3 is 9.64 Å². The van der Waals surface area contributed by atoms with Crippen LogP contribution in [0.25, 0.3) is 0 Å². The Balaban J connectivity index is 1.84. The molecular weight excluding hydrogens is 376 g/mol. The smallest absolute Gasteiger partial charge is 0.243 e. The van der Waals surface area contributed by atoms with Crippen LogP contribution >= 0.6 is 0 Å².